The molecule has 1 heterocycles. The summed E-state index contributed by atoms with van der Waals surface area (Å²) in [5.41, 5.74) is 0.521. The van der Waals surface area contributed by atoms with Gasteiger partial charge in [-0.15, -0.1) is 0 Å². The Morgan fingerprint density at radius 3 is 2.67 bits per heavy atom. The lowest BCUT2D eigenvalue weighted by atomic mass is 10.2. The predicted octanol–water partition coefficient (Wildman–Crippen LogP) is 2.17. The van der Waals surface area contributed by atoms with E-state index in [1.54, 1.807) is 6.92 Å². The maximum Gasteiger partial charge on any atom is 0.337 e. The number of esters is 1. The number of hydrogen-bond acceptors (Lipinski definition) is 5. The summed E-state index contributed by atoms with van der Waals surface area (Å²) < 4.78 is 27.9. The first-order valence-electron chi connectivity index (χ1n) is 7.43. The summed E-state index contributed by atoms with van der Waals surface area (Å²) in [4.78, 5) is 25.5. The molecule has 9 heteroatoms. The molecule has 0 saturated carbocycles. The van der Waals surface area contributed by atoms with Gasteiger partial charge >= 0.3 is 12.0 Å². The molecule has 24 heavy (non-hydrogen) atoms. The van der Waals surface area contributed by atoms with Crippen LogP contribution in [0, 0.1) is 0 Å². The van der Waals surface area contributed by atoms with E-state index in [9.17, 15) is 18.0 Å². The molecule has 132 valence electrons. The first kappa shape index (κ1) is 18.5. The van der Waals surface area contributed by atoms with Gasteiger partial charge in [0.15, 0.2) is 9.84 Å². The van der Waals surface area contributed by atoms with Crippen LogP contribution in [-0.4, -0.2) is 56.5 Å². The van der Waals surface area contributed by atoms with E-state index in [1.165, 1.54) is 30.2 Å². The van der Waals surface area contributed by atoms with Crippen LogP contribution >= 0.6 is 11.6 Å². The Morgan fingerprint density at radius 1 is 1.42 bits per heavy atom. The number of methoxy groups -OCH3 is 1. The van der Waals surface area contributed by atoms with Gasteiger partial charge in [0.2, 0.25) is 0 Å². The molecule has 1 saturated heterocycles. The number of carbonyl (C=O) groups is 2. The standard InChI is InChI=1S/C15H19ClN2O5S/c1-3-18(11-6-7-24(21,22)9-11)15(20)17-13-8-10(14(19)23-2)4-5-12(13)16/h4-5,8,11H,3,6-7,9H2,1-2H3,(H,17,20). The second-order valence-corrected chi connectivity index (χ2v) is 8.10. The zero-order chi connectivity index (χ0) is 17.9. The minimum absolute atomic E-state index is 0.0375. The third kappa shape index (κ3) is 4.18. The number of sulfone groups is 1. The van der Waals surface area contributed by atoms with E-state index >= 15 is 0 Å². The van der Waals surface area contributed by atoms with Crippen molar-refractivity contribution in [1.82, 2.24) is 4.90 Å². The fourth-order valence-electron chi connectivity index (χ4n) is 2.64. The Hall–Kier alpha value is -1.80. The van der Waals surface area contributed by atoms with Gasteiger partial charge in [-0.2, -0.15) is 0 Å². The molecule has 1 N–H and O–H groups in total. The number of carbonyl (C=O) groups excluding carboxylic acids is 2. The zero-order valence-electron chi connectivity index (χ0n) is 13.4. The molecule has 1 atom stereocenters. The number of halogens is 1. The normalized spacial score (nSPS) is 18.9. The van der Waals surface area contributed by atoms with Crippen LogP contribution in [-0.2, 0) is 14.6 Å². The Kier molecular flexibility index (Phi) is 5.71. The average molecular weight is 375 g/mol. The van der Waals surface area contributed by atoms with E-state index in [1.807, 2.05) is 0 Å². The van der Waals surface area contributed by atoms with E-state index in [0.717, 1.165) is 0 Å². The molecule has 1 fully saturated rings. The summed E-state index contributed by atoms with van der Waals surface area (Å²) >= 11 is 6.06. The molecule has 0 spiro atoms. The number of nitrogens with one attached hydrogen (secondary N) is 1. The van der Waals surface area contributed by atoms with E-state index in [-0.39, 0.29) is 33.8 Å². The van der Waals surface area contributed by atoms with Gasteiger partial charge in [-0.05, 0) is 31.5 Å². The van der Waals surface area contributed by atoms with Crippen molar-refractivity contribution in [2.45, 2.75) is 19.4 Å². The second kappa shape index (κ2) is 7.40. The molecule has 1 aliphatic rings. The van der Waals surface area contributed by atoms with Crippen LogP contribution in [0.3, 0.4) is 0 Å². The van der Waals surface area contributed by atoms with Crippen molar-refractivity contribution < 1.29 is 22.7 Å². The molecule has 1 unspecified atom stereocenters. The number of anilines is 1. The van der Waals surface area contributed by atoms with Gasteiger partial charge in [-0.25, -0.2) is 18.0 Å². The van der Waals surface area contributed by atoms with Gasteiger partial charge in [0.1, 0.15) is 0 Å². The van der Waals surface area contributed by atoms with Crippen molar-refractivity contribution in [1.29, 1.82) is 0 Å². The lowest BCUT2D eigenvalue weighted by molar-refractivity contribution is 0.0600. The van der Waals surface area contributed by atoms with Gasteiger partial charge < -0.3 is 15.0 Å². The molecule has 1 aliphatic heterocycles. The molecule has 1 aromatic carbocycles. The van der Waals surface area contributed by atoms with Crippen molar-refractivity contribution in [3.63, 3.8) is 0 Å². The summed E-state index contributed by atoms with van der Waals surface area (Å²) in [6.07, 6.45) is 0.416. The highest BCUT2D eigenvalue weighted by Crippen LogP contribution is 2.25. The third-order valence-electron chi connectivity index (χ3n) is 3.88. The molecular weight excluding hydrogens is 356 g/mol. The first-order chi connectivity index (χ1) is 11.3. The van der Waals surface area contributed by atoms with Crippen LogP contribution in [0.5, 0.6) is 0 Å². The molecule has 1 aromatic rings. The number of benzene rings is 1. The molecule has 0 radical (unpaired) electrons. The third-order valence-corrected chi connectivity index (χ3v) is 5.96. The van der Waals surface area contributed by atoms with E-state index in [2.05, 4.69) is 10.1 Å². The lowest BCUT2D eigenvalue weighted by Crippen LogP contribution is -2.43. The summed E-state index contributed by atoms with van der Waals surface area (Å²) in [7, 11) is -1.84. The highest BCUT2D eigenvalue weighted by atomic mass is 35.5. The Balaban J connectivity index is 2.17. The summed E-state index contributed by atoms with van der Waals surface area (Å²) in [5, 5.41) is 2.91. The number of amides is 2. The van der Waals surface area contributed by atoms with Crippen LogP contribution < -0.4 is 5.32 Å². The number of nitrogens with zero attached hydrogens (tertiary/aromatic N) is 1. The number of ether oxygens (including phenoxy) is 1. The number of hydrogen-bond donors (Lipinski definition) is 1. The van der Waals surface area contributed by atoms with Gasteiger partial charge in [0.25, 0.3) is 0 Å². The highest BCUT2D eigenvalue weighted by Gasteiger charge is 2.34. The van der Waals surface area contributed by atoms with Crippen LogP contribution in [0.4, 0.5) is 10.5 Å². The fraction of sp³-hybridized carbons (Fsp3) is 0.467. The molecule has 2 rings (SSSR count). The molecule has 7 nitrogen and oxygen atoms in total. The Bertz CT molecular complexity index is 750. The van der Waals surface area contributed by atoms with Crippen molar-refractivity contribution in [3.8, 4) is 0 Å². The molecule has 0 bridgehead atoms. The summed E-state index contributed by atoms with van der Waals surface area (Å²) in [5.74, 6) is -0.499. The van der Waals surface area contributed by atoms with Gasteiger partial charge in [0.05, 0.1) is 34.9 Å². The smallest absolute Gasteiger partial charge is 0.337 e. The summed E-state index contributed by atoms with van der Waals surface area (Å²) in [6, 6.07) is 3.58. The monoisotopic (exact) mass is 374 g/mol. The topological polar surface area (TPSA) is 92.8 Å². The first-order valence-corrected chi connectivity index (χ1v) is 9.63. The fourth-order valence-corrected chi connectivity index (χ4v) is 4.54. The largest absolute Gasteiger partial charge is 0.465 e. The van der Waals surface area contributed by atoms with Gasteiger partial charge in [-0.1, -0.05) is 11.6 Å². The zero-order valence-corrected chi connectivity index (χ0v) is 15.0. The number of rotatable bonds is 4. The van der Waals surface area contributed by atoms with Crippen molar-refractivity contribution >= 4 is 39.1 Å². The molecular formula is C15H19ClN2O5S. The van der Waals surface area contributed by atoms with Crippen LogP contribution in [0.2, 0.25) is 5.02 Å². The molecule has 0 aromatic heterocycles. The Labute approximate surface area is 145 Å². The lowest BCUT2D eigenvalue weighted by Gasteiger charge is -2.27. The van der Waals surface area contributed by atoms with Crippen molar-refractivity contribution in [3.05, 3.63) is 28.8 Å². The van der Waals surface area contributed by atoms with Crippen LogP contribution in [0.15, 0.2) is 18.2 Å². The molecule has 0 aliphatic carbocycles. The van der Waals surface area contributed by atoms with Crippen LogP contribution in [0.1, 0.15) is 23.7 Å². The maximum atomic E-state index is 12.5. The quantitative estimate of drug-likeness (QED) is 0.815. The maximum absolute atomic E-state index is 12.5. The SMILES string of the molecule is CCN(C(=O)Nc1cc(C(=O)OC)ccc1Cl)C1CCS(=O)(=O)C1. The minimum Gasteiger partial charge on any atom is -0.465 e. The second-order valence-electron chi connectivity index (χ2n) is 5.46. The van der Waals surface area contributed by atoms with Crippen molar-refractivity contribution in [2.75, 3.05) is 30.5 Å². The van der Waals surface area contributed by atoms with E-state index in [4.69, 9.17) is 11.6 Å². The summed E-state index contributed by atoms with van der Waals surface area (Å²) in [6.45, 7) is 2.14. The van der Waals surface area contributed by atoms with Gasteiger partial charge in [0, 0.05) is 12.6 Å². The van der Waals surface area contributed by atoms with E-state index in [0.29, 0.717) is 13.0 Å². The minimum atomic E-state index is -3.10. The van der Waals surface area contributed by atoms with Gasteiger partial charge in [-0.3, -0.25) is 0 Å². The Morgan fingerprint density at radius 2 is 2.12 bits per heavy atom. The molecule has 2 amide bonds. The van der Waals surface area contributed by atoms with Crippen molar-refractivity contribution in [2.24, 2.45) is 0 Å². The predicted molar refractivity (Wildman–Crippen MR) is 91.2 cm³/mol. The highest BCUT2D eigenvalue weighted by molar-refractivity contribution is 7.91. The number of urea groups is 1. The average Bonchev–Trinajstić information content (AvgIpc) is 2.89. The van der Waals surface area contributed by atoms with E-state index < -0.39 is 21.8 Å². The van der Waals surface area contributed by atoms with Crippen LogP contribution in [0.25, 0.3) is 0 Å².